The molecule has 0 spiro atoms. The molecule has 0 bridgehead atoms. The van der Waals surface area contributed by atoms with E-state index in [2.05, 4.69) is 5.32 Å². The van der Waals surface area contributed by atoms with Crippen LogP contribution in [0.2, 0.25) is 0 Å². The molecule has 0 radical (unpaired) electrons. The van der Waals surface area contributed by atoms with Gasteiger partial charge in [-0.3, -0.25) is 4.79 Å². The van der Waals surface area contributed by atoms with Gasteiger partial charge in [-0.2, -0.15) is 0 Å². The van der Waals surface area contributed by atoms with Gasteiger partial charge in [-0.1, -0.05) is 6.07 Å². The van der Waals surface area contributed by atoms with Crippen LogP contribution in [0.5, 0.6) is 5.75 Å². The number of carbonyl (C=O) groups is 1. The van der Waals surface area contributed by atoms with Crippen LogP contribution in [0, 0.1) is 0 Å². The van der Waals surface area contributed by atoms with Crippen molar-refractivity contribution in [3.05, 3.63) is 46.7 Å². The summed E-state index contributed by atoms with van der Waals surface area (Å²) in [7, 11) is 1.64. The Hall–Kier alpha value is -1.46. The summed E-state index contributed by atoms with van der Waals surface area (Å²) in [6.45, 7) is 0.611. The Kier molecular flexibility index (Phi) is 5.30. The van der Waals surface area contributed by atoms with Gasteiger partial charge in [0.2, 0.25) is 5.91 Å². The number of carbonyl (C=O) groups excluding carboxylic acids is 1. The number of nitrogens with one attached hydrogen (secondary N) is 1. The van der Waals surface area contributed by atoms with Crippen molar-refractivity contribution >= 4 is 29.0 Å². The molecule has 0 aliphatic rings. The zero-order valence-corrected chi connectivity index (χ0v) is 12.2. The second-order valence-electron chi connectivity index (χ2n) is 3.82. The van der Waals surface area contributed by atoms with Crippen molar-refractivity contribution in [1.29, 1.82) is 0 Å². The number of benzene rings is 1. The third-order valence-corrected chi connectivity index (χ3v) is 4.36. The molecular formula is C14H15NO2S2. The molecule has 3 nitrogen and oxygen atoms in total. The van der Waals surface area contributed by atoms with Crippen molar-refractivity contribution in [3.63, 3.8) is 0 Å². The monoisotopic (exact) mass is 293 g/mol. The number of methoxy groups -OCH3 is 1. The fourth-order valence-electron chi connectivity index (χ4n) is 1.47. The molecule has 0 aliphatic heterocycles. The average Bonchev–Trinajstić information content (AvgIpc) is 2.96. The smallest absolute Gasteiger partial charge is 0.230 e. The van der Waals surface area contributed by atoms with Gasteiger partial charge in [0.25, 0.3) is 0 Å². The highest BCUT2D eigenvalue weighted by Gasteiger charge is 2.03. The van der Waals surface area contributed by atoms with Crippen LogP contribution in [0.1, 0.15) is 4.88 Å². The summed E-state index contributed by atoms with van der Waals surface area (Å²) in [5.74, 6) is 1.30. The summed E-state index contributed by atoms with van der Waals surface area (Å²) in [6, 6.07) is 11.7. The minimum atomic E-state index is 0.0502. The molecule has 2 aromatic rings. The highest BCUT2D eigenvalue weighted by atomic mass is 32.2. The van der Waals surface area contributed by atoms with Crippen LogP contribution < -0.4 is 10.1 Å². The standard InChI is InChI=1S/C14H15NO2S2/c1-17-11-4-6-12(7-5-11)19-10-14(16)15-9-13-3-2-8-18-13/h2-8H,9-10H2,1H3,(H,15,16). The molecule has 5 heteroatoms. The quantitative estimate of drug-likeness (QED) is 0.831. The maximum Gasteiger partial charge on any atom is 0.230 e. The number of hydrogen-bond acceptors (Lipinski definition) is 4. The van der Waals surface area contributed by atoms with Gasteiger partial charge in [-0.25, -0.2) is 0 Å². The summed E-state index contributed by atoms with van der Waals surface area (Å²) in [4.78, 5) is 13.9. The van der Waals surface area contributed by atoms with Gasteiger partial charge in [-0.05, 0) is 35.7 Å². The maximum atomic E-state index is 11.7. The lowest BCUT2D eigenvalue weighted by molar-refractivity contribution is -0.118. The SMILES string of the molecule is COc1ccc(SCC(=O)NCc2cccs2)cc1. The van der Waals surface area contributed by atoms with Crippen LogP contribution in [0.15, 0.2) is 46.7 Å². The number of thioether (sulfide) groups is 1. The molecule has 0 aliphatic carbocycles. The Balaban J connectivity index is 1.73. The van der Waals surface area contributed by atoms with Crippen LogP contribution in [0.3, 0.4) is 0 Å². The van der Waals surface area contributed by atoms with E-state index < -0.39 is 0 Å². The van der Waals surface area contributed by atoms with Crippen LogP contribution in [0.25, 0.3) is 0 Å². The third-order valence-electron chi connectivity index (χ3n) is 2.47. The Morgan fingerprint density at radius 1 is 1.32 bits per heavy atom. The summed E-state index contributed by atoms with van der Waals surface area (Å²) in [5.41, 5.74) is 0. The van der Waals surface area contributed by atoms with Crippen molar-refractivity contribution in [2.75, 3.05) is 12.9 Å². The van der Waals surface area contributed by atoms with Crippen LogP contribution >= 0.6 is 23.1 Å². The number of ether oxygens (including phenoxy) is 1. The highest BCUT2D eigenvalue weighted by molar-refractivity contribution is 8.00. The first-order valence-electron chi connectivity index (χ1n) is 5.84. The number of hydrogen-bond donors (Lipinski definition) is 1. The molecule has 1 heterocycles. The van der Waals surface area contributed by atoms with Gasteiger partial charge in [0.1, 0.15) is 5.75 Å². The van der Waals surface area contributed by atoms with Crippen molar-refractivity contribution in [3.8, 4) is 5.75 Å². The Bertz CT molecular complexity index is 509. The first kappa shape index (κ1) is 14.0. The topological polar surface area (TPSA) is 38.3 Å². The zero-order valence-electron chi connectivity index (χ0n) is 10.6. The van der Waals surface area contributed by atoms with Crippen molar-refractivity contribution in [2.24, 2.45) is 0 Å². The van der Waals surface area contributed by atoms with E-state index in [-0.39, 0.29) is 5.91 Å². The molecule has 0 saturated heterocycles. The Labute approximate surface area is 121 Å². The van der Waals surface area contributed by atoms with Gasteiger partial charge in [0.05, 0.1) is 19.4 Å². The van der Waals surface area contributed by atoms with Gasteiger partial charge in [0.15, 0.2) is 0 Å². The third kappa shape index (κ3) is 4.61. The molecule has 1 aromatic heterocycles. The first-order valence-corrected chi connectivity index (χ1v) is 7.70. The van der Waals surface area contributed by atoms with E-state index in [0.29, 0.717) is 12.3 Å². The minimum Gasteiger partial charge on any atom is -0.497 e. The summed E-state index contributed by atoms with van der Waals surface area (Å²) in [5, 5.41) is 4.91. The highest BCUT2D eigenvalue weighted by Crippen LogP contribution is 2.21. The normalized spacial score (nSPS) is 10.2. The van der Waals surface area contributed by atoms with Gasteiger partial charge >= 0.3 is 0 Å². The molecule has 0 unspecified atom stereocenters. The van der Waals surface area contributed by atoms with Crippen molar-refractivity contribution < 1.29 is 9.53 Å². The summed E-state index contributed by atoms with van der Waals surface area (Å²) >= 11 is 3.17. The lowest BCUT2D eigenvalue weighted by Crippen LogP contribution is -2.24. The Morgan fingerprint density at radius 3 is 2.74 bits per heavy atom. The average molecular weight is 293 g/mol. The van der Waals surface area contributed by atoms with E-state index in [9.17, 15) is 4.79 Å². The fourth-order valence-corrected chi connectivity index (χ4v) is 2.84. The summed E-state index contributed by atoms with van der Waals surface area (Å²) in [6.07, 6.45) is 0. The van der Waals surface area contributed by atoms with Gasteiger partial charge < -0.3 is 10.1 Å². The lowest BCUT2D eigenvalue weighted by Gasteiger charge is -2.04. The van der Waals surface area contributed by atoms with E-state index in [1.807, 2.05) is 41.8 Å². The molecule has 19 heavy (non-hydrogen) atoms. The van der Waals surface area contributed by atoms with E-state index >= 15 is 0 Å². The second kappa shape index (κ2) is 7.21. The Morgan fingerprint density at radius 2 is 2.11 bits per heavy atom. The fraction of sp³-hybridized carbons (Fsp3) is 0.214. The molecule has 100 valence electrons. The predicted molar refractivity (Wildman–Crippen MR) is 79.9 cm³/mol. The predicted octanol–water partition coefficient (Wildman–Crippen LogP) is 3.17. The van der Waals surface area contributed by atoms with Crippen LogP contribution in [0.4, 0.5) is 0 Å². The molecule has 1 aromatic carbocycles. The molecular weight excluding hydrogens is 278 g/mol. The first-order chi connectivity index (χ1) is 9.28. The maximum absolute atomic E-state index is 11.7. The van der Waals surface area contributed by atoms with E-state index in [1.165, 1.54) is 16.6 Å². The second-order valence-corrected chi connectivity index (χ2v) is 5.90. The molecule has 0 fully saturated rings. The molecule has 2 rings (SSSR count). The van der Waals surface area contributed by atoms with Crippen LogP contribution in [-0.4, -0.2) is 18.8 Å². The molecule has 1 amide bonds. The van der Waals surface area contributed by atoms with Gasteiger partial charge in [-0.15, -0.1) is 23.1 Å². The van der Waals surface area contributed by atoms with E-state index in [4.69, 9.17) is 4.74 Å². The van der Waals surface area contributed by atoms with Crippen molar-refractivity contribution in [1.82, 2.24) is 5.32 Å². The lowest BCUT2D eigenvalue weighted by atomic mass is 10.3. The molecule has 0 saturated carbocycles. The number of rotatable bonds is 6. The number of amides is 1. The van der Waals surface area contributed by atoms with E-state index in [0.717, 1.165) is 10.6 Å². The molecule has 1 N–H and O–H groups in total. The number of thiophene rings is 1. The minimum absolute atomic E-state index is 0.0502. The zero-order chi connectivity index (χ0) is 13.5. The van der Waals surface area contributed by atoms with Crippen molar-refractivity contribution in [2.45, 2.75) is 11.4 Å². The van der Waals surface area contributed by atoms with Gasteiger partial charge in [0, 0.05) is 9.77 Å². The molecule has 0 atom stereocenters. The van der Waals surface area contributed by atoms with Crippen LogP contribution in [-0.2, 0) is 11.3 Å². The largest absolute Gasteiger partial charge is 0.497 e. The van der Waals surface area contributed by atoms with E-state index in [1.54, 1.807) is 18.4 Å². The summed E-state index contributed by atoms with van der Waals surface area (Å²) < 4.78 is 5.09.